The number of rotatable bonds is 4. The number of aryl methyl sites for hydroxylation is 1. The fraction of sp³-hybridized carbons (Fsp3) is 0.188. The van der Waals surface area contributed by atoms with Crippen molar-refractivity contribution in [1.29, 1.82) is 0 Å². The van der Waals surface area contributed by atoms with Crippen molar-refractivity contribution in [2.75, 3.05) is 0 Å². The summed E-state index contributed by atoms with van der Waals surface area (Å²) in [5, 5.41) is 2.94. The molecule has 0 aliphatic rings. The van der Waals surface area contributed by atoms with Gasteiger partial charge < -0.3 is 4.74 Å². The molecule has 0 saturated heterocycles. The lowest BCUT2D eigenvalue weighted by molar-refractivity contribution is -0.145. The molecular weight excluding hydrogens is 336 g/mol. The largest absolute Gasteiger partial charge is 0.459 e. The zero-order valence-corrected chi connectivity index (χ0v) is 13.9. The number of nitrogens with zero attached hydrogens (tertiary/aromatic N) is 2. The molecule has 0 bridgehead atoms. The molecule has 0 spiro atoms. The second kappa shape index (κ2) is 6.52. The molecule has 2 aromatic heterocycles. The Hall–Kier alpha value is -2.18. The fourth-order valence-corrected chi connectivity index (χ4v) is 3.10. The third-order valence-electron chi connectivity index (χ3n) is 3.40. The molecule has 5 nitrogen and oxygen atoms in total. The third-order valence-corrected chi connectivity index (χ3v) is 4.61. The molecule has 0 fully saturated rings. The van der Waals surface area contributed by atoms with Gasteiger partial charge in [0.05, 0.1) is 5.52 Å². The Morgan fingerprint density at radius 3 is 2.91 bits per heavy atom. The van der Waals surface area contributed by atoms with Crippen molar-refractivity contribution >= 4 is 39.8 Å². The molecule has 7 heteroatoms. The molecule has 23 heavy (non-hydrogen) atoms. The topological polar surface area (TPSA) is 61.2 Å². The number of para-hydroxylation sites is 1. The zero-order chi connectivity index (χ0) is 16.4. The van der Waals surface area contributed by atoms with Gasteiger partial charge in [-0.3, -0.25) is 14.2 Å². The number of fused-ring (bicyclic) bond motifs is 1. The van der Waals surface area contributed by atoms with E-state index < -0.39 is 5.97 Å². The number of thiazole rings is 1. The van der Waals surface area contributed by atoms with E-state index in [1.165, 1.54) is 4.57 Å². The van der Waals surface area contributed by atoms with Crippen LogP contribution in [0.2, 0.25) is 5.15 Å². The summed E-state index contributed by atoms with van der Waals surface area (Å²) >= 11 is 7.18. The van der Waals surface area contributed by atoms with Crippen LogP contribution in [-0.4, -0.2) is 15.5 Å². The van der Waals surface area contributed by atoms with Crippen molar-refractivity contribution < 1.29 is 9.53 Å². The molecule has 3 aromatic rings. The number of carbonyl (C=O) groups is 1. The minimum Gasteiger partial charge on any atom is -0.459 e. The summed E-state index contributed by atoms with van der Waals surface area (Å²) in [5.74, 6) is -0.488. The van der Waals surface area contributed by atoms with Crippen LogP contribution in [0.3, 0.4) is 0 Å². The average Bonchev–Trinajstić information content (AvgIpc) is 2.85. The van der Waals surface area contributed by atoms with Crippen molar-refractivity contribution in [1.82, 2.24) is 9.55 Å². The van der Waals surface area contributed by atoms with E-state index in [0.717, 1.165) is 27.9 Å². The summed E-state index contributed by atoms with van der Waals surface area (Å²) in [7, 11) is 0. The highest BCUT2D eigenvalue weighted by Gasteiger charge is 2.11. The van der Waals surface area contributed by atoms with Gasteiger partial charge in [-0.25, -0.2) is 4.98 Å². The molecule has 0 saturated carbocycles. The Morgan fingerprint density at radius 2 is 2.17 bits per heavy atom. The van der Waals surface area contributed by atoms with Gasteiger partial charge >= 0.3 is 10.8 Å². The highest BCUT2D eigenvalue weighted by molar-refractivity contribution is 7.07. The Bertz CT molecular complexity index is 932. The number of hydrogen-bond donors (Lipinski definition) is 0. The van der Waals surface area contributed by atoms with Gasteiger partial charge in [-0.1, -0.05) is 41.1 Å². The van der Waals surface area contributed by atoms with Crippen LogP contribution < -0.4 is 4.87 Å². The molecule has 0 aliphatic heterocycles. The molecule has 2 heterocycles. The van der Waals surface area contributed by atoms with Gasteiger partial charge in [0.1, 0.15) is 18.3 Å². The molecule has 0 N–H and O–H groups in total. The van der Waals surface area contributed by atoms with Crippen LogP contribution in [0.15, 0.2) is 40.5 Å². The smallest absolute Gasteiger partial charge is 0.326 e. The summed E-state index contributed by atoms with van der Waals surface area (Å²) in [6.45, 7) is 1.69. The van der Waals surface area contributed by atoms with Gasteiger partial charge in [0, 0.05) is 22.0 Å². The summed E-state index contributed by atoms with van der Waals surface area (Å²) in [5.41, 5.74) is 2.16. The Labute approximate surface area is 141 Å². The van der Waals surface area contributed by atoms with E-state index in [-0.39, 0.29) is 18.0 Å². The Balaban J connectivity index is 1.72. The first kappa shape index (κ1) is 15.7. The number of aromatic nitrogens is 2. The minimum atomic E-state index is -0.488. The first-order chi connectivity index (χ1) is 11.0. The minimum absolute atomic E-state index is 0.0213. The van der Waals surface area contributed by atoms with Crippen molar-refractivity contribution in [3.8, 4) is 0 Å². The first-order valence-corrected chi connectivity index (χ1v) is 8.15. The van der Waals surface area contributed by atoms with Crippen LogP contribution in [-0.2, 0) is 22.7 Å². The van der Waals surface area contributed by atoms with Crippen LogP contribution in [0.4, 0.5) is 0 Å². The van der Waals surface area contributed by atoms with Crippen LogP contribution >= 0.6 is 22.9 Å². The van der Waals surface area contributed by atoms with Crippen molar-refractivity contribution in [2.45, 2.75) is 20.1 Å². The third kappa shape index (κ3) is 3.43. The second-order valence-electron chi connectivity index (χ2n) is 5.02. The SMILES string of the molecule is Cc1csc(=O)n1CC(=O)OCc1cc2ccccc2nc1Cl. The van der Waals surface area contributed by atoms with E-state index >= 15 is 0 Å². The lowest BCUT2D eigenvalue weighted by atomic mass is 10.2. The lowest BCUT2D eigenvalue weighted by Gasteiger charge is -2.08. The second-order valence-corrected chi connectivity index (χ2v) is 6.20. The molecule has 0 aliphatic carbocycles. The van der Waals surface area contributed by atoms with Gasteiger partial charge in [-0.15, -0.1) is 0 Å². The number of benzene rings is 1. The quantitative estimate of drug-likeness (QED) is 0.536. The maximum Gasteiger partial charge on any atom is 0.326 e. The van der Waals surface area contributed by atoms with E-state index in [2.05, 4.69) is 4.98 Å². The highest BCUT2D eigenvalue weighted by Crippen LogP contribution is 2.21. The molecule has 0 unspecified atom stereocenters. The molecule has 118 valence electrons. The fourth-order valence-electron chi connectivity index (χ4n) is 2.17. The van der Waals surface area contributed by atoms with E-state index in [9.17, 15) is 9.59 Å². The van der Waals surface area contributed by atoms with Crippen LogP contribution in [0, 0.1) is 6.92 Å². The number of ether oxygens (including phenoxy) is 1. The van der Waals surface area contributed by atoms with Gasteiger partial charge in [0.2, 0.25) is 0 Å². The molecule has 0 amide bonds. The highest BCUT2D eigenvalue weighted by atomic mass is 35.5. The van der Waals surface area contributed by atoms with Gasteiger partial charge in [0.15, 0.2) is 0 Å². The van der Waals surface area contributed by atoms with E-state index in [1.807, 2.05) is 30.3 Å². The lowest BCUT2D eigenvalue weighted by Crippen LogP contribution is -2.22. The summed E-state index contributed by atoms with van der Waals surface area (Å²) in [4.78, 5) is 27.6. The van der Waals surface area contributed by atoms with E-state index in [4.69, 9.17) is 16.3 Å². The Kier molecular flexibility index (Phi) is 4.45. The molecular formula is C16H13ClN2O3S. The van der Waals surface area contributed by atoms with Crippen LogP contribution in [0.5, 0.6) is 0 Å². The average molecular weight is 349 g/mol. The summed E-state index contributed by atoms with van der Waals surface area (Å²) < 4.78 is 6.60. The number of halogens is 1. The summed E-state index contributed by atoms with van der Waals surface area (Å²) in [6, 6.07) is 9.41. The predicted molar refractivity (Wildman–Crippen MR) is 89.9 cm³/mol. The summed E-state index contributed by atoms with van der Waals surface area (Å²) in [6.07, 6.45) is 0. The number of hydrogen-bond acceptors (Lipinski definition) is 5. The number of esters is 1. The zero-order valence-electron chi connectivity index (χ0n) is 12.3. The van der Waals surface area contributed by atoms with Gasteiger partial charge in [0.25, 0.3) is 0 Å². The maximum atomic E-state index is 11.9. The predicted octanol–water partition coefficient (Wildman–Crippen LogP) is 3.16. The van der Waals surface area contributed by atoms with E-state index in [1.54, 1.807) is 12.3 Å². The van der Waals surface area contributed by atoms with E-state index in [0.29, 0.717) is 10.7 Å². The number of carbonyl (C=O) groups excluding carboxylic acids is 1. The van der Waals surface area contributed by atoms with Gasteiger partial charge in [-0.2, -0.15) is 0 Å². The first-order valence-electron chi connectivity index (χ1n) is 6.89. The van der Waals surface area contributed by atoms with Crippen LogP contribution in [0.1, 0.15) is 11.3 Å². The molecule has 3 rings (SSSR count). The molecule has 0 atom stereocenters. The van der Waals surface area contributed by atoms with Crippen LogP contribution in [0.25, 0.3) is 10.9 Å². The monoisotopic (exact) mass is 348 g/mol. The van der Waals surface area contributed by atoms with Crippen molar-refractivity contribution in [2.24, 2.45) is 0 Å². The van der Waals surface area contributed by atoms with Crippen molar-refractivity contribution in [3.05, 3.63) is 61.8 Å². The maximum absolute atomic E-state index is 11.9. The molecule has 1 aromatic carbocycles. The standard InChI is InChI=1S/C16H13ClN2O3S/c1-10-9-23-16(21)19(10)7-14(20)22-8-12-6-11-4-2-3-5-13(11)18-15(12)17/h2-6,9H,7-8H2,1H3. The van der Waals surface area contributed by atoms with Crippen molar-refractivity contribution in [3.63, 3.8) is 0 Å². The number of pyridine rings is 1. The molecule has 0 radical (unpaired) electrons. The van der Waals surface area contributed by atoms with Gasteiger partial charge in [-0.05, 0) is 19.1 Å². The normalized spacial score (nSPS) is 10.9. The Morgan fingerprint density at radius 1 is 1.39 bits per heavy atom.